The third-order valence-electron chi connectivity index (χ3n) is 4.51. The lowest BCUT2D eigenvalue weighted by molar-refractivity contribution is 0.180. The normalized spacial score (nSPS) is 50.2. The minimum atomic E-state index is 0.935. The highest BCUT2D eigenvalue weighted by Gasteiger charge is 2.35. The van der Waals surface area contributed by atoms with Crippen molar-refractivity contribution in [2.24, 2.45) is 17.8 Å². The van der Waals surface area contributed by atoms with Gasteiger partial charge in [0.25, 0.3) is 0 Å². The highest BCUT2D eigenvalue weighted by atomic mass is 127. The third kappa shape index (κ3) is 3.61. The Morgan fingerprint density at radius 2 is 1.25 bits per heavy atom. The molecule has 0 bridgehead atoms. The summed E-state index contributed by atoms with van der Waals surface area (Å²) >= 11 is 8.03. The summed E-state index contributed by atoms with van der Waals surface area (Å²) in [7, 11) is 0. The average Bonchev–Trinajstić information content (AvgIpc) is 2.26. The molecule has 0 N–H and O–H groups in total. The van der Waals surface area contributed by atoms with Gasteiger partial charge >= 0.3 is 0 Å². The van der Waals surface area contributed by atoms with Crippen LogP contribution in [0.15, 0.2) is 0 Å². The molecule has 16 heavy (non-hydrogen) atoms. The SMILES string of the molecule is CC1CC(C2CCC(I)C(I)C2)CCC1I. The van der Waals surface area contributed by atoms with Crippen molar-refractivity contribution in [3.63, 3.8) is 0 Å². The van der Waals surface area contributed by atoms with Crippen molar-refractivity contribution >= 4 is 67.8 Å². The van der Waals surface area contributed by atoms with Gasteiger partial charge in [-0.3, -0.25) is 0 Å². The second-order valence-corrected chi connectivity index (χ2v) is 10.5. The maximum absolute atomic E-state index is 2.69. The summed E-state index contributed by atoms with van der Waals surface area (Å²) in [6, 6.07) is 0. The Balaban J connectivity index is 1.88. The lowest BCUT2D eigenvalue weighted by atomic mass is 9.71. The molecule has 6 unspecified atom stereocenters. The van der Waals surface area contributed by atoms with E-state index >= 15 is 0 Å². The quantitative estimate of drug-likeness (QED) is 0.289. The molecule has 3 heteroatoms. The van der Waals surface area contributed by atoms with Gasteiger partial charge in [0.15, 0.2) is 0 Å². The summed E-state index contributed by atoms with van der Waals surface area (Å²) in [6.07, 6.45) is 8.97. The van der Waals surface area contributed by atoms with E-state index in [-0.39, 0.29) is 0 Å². The van der Waals surface area contributed by atoms with Gasteiger partial charge in [-0.05, 0) is 56.3 Å². The Morgan fingerprint density at radius 3 is 1.81 bits per heavy atom. The van der Waals surface area contributed by atoms with Crippen molar-refractivity contribution in [1.82, 2.24) is 0 Å². The van der Waals surface area contributed by atoms with Crippen LogP contribution in [0, 0.1) is 17.8 Å². The molecule has 0 aromatic heterocycles. The molecule has 0 heterocycles. The Hall–Kier alpha value is 2.19. The molecule has 0 saturated heterocycles. The molecule has 0 amide bonds. The van der Waals surface area contributed by atoms with Crippen LogP contribution in [0.25, 0.3) is 0 Å². The summed E-state index contributed by atoms with van der Waals surface area (Å²) in [5.74, 6) is 3.07. The first-order chi connectivity index (χ1) is 7.58. The van der Waals surface area contributed by atoms with E-state index in [2.05, 4.69) is 74.7 Å². The molecule has 2 aliphatic rings. The van der Waals surface area contributed by atoms with Crippen LogP contribution in [0.1, 0.15) is 45.4 Å². The van der Waals surface area contributed by atoms with E-state index in [0.29, 0.717) is 0 Å². The van der Waals surface area contributed by atoms with Crippen molar-refractivity contribution < 1.29 is 0 Å². The molecule has 2 fully saturated rings. The van der Waals surface area contributed by atoms with E-state index < -0.39 is 0 Å². The highest BCUT2D eigenvalue weighted by molar-refractivity contribution is 14.1. The molecule has 0 radical (unpaired) electrons. The van der Waals surface area contributed by atoms with Crippen molar-refractivity contribution in [3.8, 4) is 0 Å². The number of halogens is 3. The number of hydrogen-bond acceptors (Lipinski definition) is 0. The summed E-state index contributed by atoms with van der Waals surface area (Å²) in [5.41, 5.74) is 0. The second-order valence-electron chi connectivity index (χ2n) is 5.67. The molecule has 94 valence electrons. The molecule has 0 nitrogen and oxygen atoms in total. The summed E-state index contributed by atoms with van der Waals surface area (Å²) in [4.78, 5) is 0. The van der Waals surface area contributed by atoms with Gasteiger partial charge in [0, 0.05) is 11.8 Å². The Bertz CT molecular complexity index is 207. The molecule has 0 aromatic rings. The van der Waals surface area contributed by atoms with Crippen molar-refractivity contribution in [3.05, 3.63) is 0 Å². The van der Waals surface area contributed by atoms with Gasteiger partial charge in [-0.1, -0.05) is 74.7 Å². The molecule has 0 aromatic carbocycles. The monoisotopic (exact) mass is 558 g/mol. The van der Waals surface area contributed by atoms with Gasteiger partial charge in [-0.2, -0.15) is 0 Å². The predicted molar refractivity (Wildman–Crippen MR) is 97.3 cm³/mol. The number of hydrogen-bond donors (Lipinski definition) is 0. The van der Waals surface area contributed by atoms with Crippen molar-refractivity contribution in [2.75, 3.05) is 0 Å². The molecule has 0 spiro atoms. The lowest BCUT2D eigenvalue weighted by Crippen LogP contribution is -2.33. The maximum atomic E-state index is 2.69. The van der Waals surface area contributed by atoms with Crippen molar-refractivity contribution in [2.45, 2.75) is 57.2 Å². The van der Waals surface area contributed by atoms with E-state index in [1.165, 1.54) is 38.5 Å². The van der Waals surface area contributed by atoms with E-state index in [1.54, 1.807) is 0 Å². The van der Waals surface area contributed by atoms with E-state index in [4.69, 9.17) is 0 Å². The minimum Gasteiger partial charge on any atom is -0.0823 e. The predicted octanol–water partition coefficient (Wildman–Crippen LogP) is 5.63. The molecule has 2 saturated carbocycles. The van der Waals surface area contributed by atoms with E-state index in [9.17, 15) is 0 Å². The molecule has 6 atom stereocenters. The highest BCUT2D eigenvalue weighted by Crippen LogP contribution is 2.44. The molecule has 2 aliphatic carbocycles. The largest absolute Gasteiger partial charge is 0.0823 e. The Kier molecular flexibility index (Phi) is 5.99. The molecule has 2 rings (SSSR count). The zero-order chi connectivity index (χ0) is 11.7. The van der Waals surface area contributed by atoms with Gasteiger partial charge in [-0.25, -0.2) is 0 Å². The summed E-state index contributed by atoms with van der Waals surface area (Å²) in [5, 5.41) is 0. The van der Waals surface area contributed by atoms with Crippen molar-refractivity contribution in [1.29, 1.82) is 0 Å². The fourth-order valence-corrected chi connectivity index (χ4v) is 5.69. The number of alkyl halides is 3. The van der Waals surface area contributed by atoms with Crippen LogP contribution in [-0.2, 0) is 0 Å². The van der Waals surface area contributed by atoms with Crippen LogP contribution in [-0.4, -0.2) is 11.8 Å². The van der Waals surface area contributed by atoms with Gasteiger partial charge in [-0.15, -0.1) is 0 Å². The first kappa shape index (κ1) is 14.6. The maximum Gasteiger partial charge on any atom is 0.0230 e. The summed E-state index contributed by atoms with van der Waals surface area (Å²) < 4.78 is 2.82. The van der Waals surface area contributed by atoms with Crippen LogP contribution in [0.5, 0.6) is 0 Å². The number of rotatable bonds is 1. The lowest BCUT2D eigenvalue weighted by Gasteiger charge is -2.40. The van der Waals surface area contributed by atoms with E-state index in [1.807, 2.05) is 0 Å². The van der Waals surface area contributed by atoms with Crippen LogP contribution < -0.4 is 0 Å². The zero-order valence-electron chi connectivity index (χ0n) is 9.84. The van der Waals surface area contributed by atoms with Gasteiger partial charge in [0.1, 0.15) is 0 Å². The van der Waals surface area contributed by atoms with Crippen LogP contribution in [0.4, 0.5) is 0 Å². The molecular weight excluding hydrogens is 537 g/mol. The Morgan fingerprint density at radius 1 is 0.688 bits per heavy atom. The first-order valence-electron chi connectivity index (χ1n) is 6.50. The first-order valence-corrected chi connectivity index (χ1v) is 10.2. The Labute approximate surface area is 141 Å². The van der Waals surface area contributed by atoms with Crippen LogP contribution in [0.2, 0.25) is 0 Å². The van der Waals surface area contributed by atoms with Crippen LogP contribution >= 0.6 is 67.8 Å². The topological polar surface area (TPSA) is 0 Å². The smallest absolute Gasteiger partial charge is 0.0230 e. The molecule has 0 aliphatic heterocycles. The average molecular weight is 558 g/mol. The second kappa shape index (κ2) is 6.57. The standard InChI is InChI=1S/C13H21I3/c1-8-6-9(2-4-11(8)14)10-3-5-12(15)13(16)7-10/h8-13H,2-7H2,1H3. The molecular formula is C13H21I3. The van der Waals surface area contributed by atoms with Crippen LogP contribution in [0.3, 0.4) is 0 Å². The van der Waals surface area contributed by atoms with E-state index in [0.717, 1.165) is 29.5 Å². The van der Waals surface area contributed by atoms with Gasteiger partial charge in [0.05, 0.1) is 0 Å². The summed E-state index contributed by atoms with van der Waals surface area (Å²) in [6.45, 7) is 2.47. The fourth-order valence-electron chi connectivity index (χ4n) is 3.37. The van der Waals surface area contributed by atoms with Gasteiger partial charge in [0.2, 0.25) is 0 Å². The third-order valence-corrected chi connectivity index (χ3v) is 10.6. The zero-order valence-corrected chi connectivity index (χ0v) is 16.3. The van der Waals surface area contributed by atoms with Gasteiger partial charge < -0.3 is 0 Å². The fraction of sp³-hybridized carbons (Fsp3) is 1.00. The minimum absolute atomic E-state index is 0.935.